The van der Waals surface area contributed by atoms with Crippen LogP contribution in [0.4, 0.5) is 4.79 Å². The minimum atomic E-state index is -0.523. The van der Waals surface area contributed by atoms with Crippen LogP contribution in [-0.2, 0) is 6.42 Å². The summed E-state index contributed by atoms with van der Waals surface area (Å²) in [5.74, 6) is 0.626. The minimum Gasteiger partial charge on any atom is -0.390 e. The summed E-state index contributed by atoms with van der Waals surface area (Å²) in [6.45, 7) is 0.746. The first kappa shape index (κ1) is 13.4. The molecule has 1 saturated carbocycles. The first-order chi connectivity index (χ1) is 9.74. The van der Waals surface area contributed by atoms with E-state index in [-0.39, 0.29) is 12.1 Å². The molecule has 0 aromatic heterocycles. The zero-order chi connectivity index (χ0) is 13.9. The Morgan fingerprint density at radius 1 is 1.25 bits per heavy atom. The molecular formula is C16H22N2O2. The Morgan fingerprint density at radius 3 is 2.80 bits per heavy atom. The number of benzene rings is 1. The van der Waals surface area contributed by atoms with Gasteiger partial charge >= 0.3 is 6.03 Å². The number of hydrogen-bond donors (Lipinski definition) is 3. The van der Waals surface area contributed by atoms with Crippen LogP contribution in [0.25, 0.3) is 0 Å². The fraction of sp³-hybridized carbons (Fsp3) is 0.562. The van der Waals surface area contributed by atoms with Gasteiger partial charge in [0.05, 0.1) is 12.1 Å². The van der Waals surface area contributed by atoms with Crippen LogP contribution >= 0.6 is 0 Å². The van der Waals surface area contributed by atoms with Crippen LogP contribution in [0.3, 0.4) is 0 Å². The zero-order valence-corrected chi connectivity index (χ0v) is 11.6. The molecule has 0 saturated heterocycles. The van der Waals surface area contributed by atoms with E-state index in [1.165, 1.54) is 25.7 Å². The van der Waals surface area contributed by atoms with Gasteiger partial charge in [0.1, 0.15) is 0 Å². The van der Waals surface area contributed by atoms with Crippen molar-refractivity contribution in [2.24, 2.45) is 5.92 Å². The first-order valence-corrected chi connectivity index (χ1v) is 7.54. The van der Waals surface area contributed by atoms with Crippen molar-refractivity contribution < 1.29 is 9.90 Å². The normalized spacial score (nSPS) is 25.4. The third-order valence-electron chi connectivity index (χ3n) is 4.52. The summed E-state index contributed by atoms with van der Waals surface area (Å²) in [6.07, 6.45) is 5.09. The molecule has 0 bridgehead atoms. The molecule has 0 spiro atoms. The van der Waals surface area contributed by atoms with E-state index >= 15 is 0 Å². The van der Waals surface area contributed by atoms with Gasteiger partial charge in [0.25, 0.3) is 0 Å². The Labute approximate surface area is 119 Å². The number of fused-ring (bicyclic) bond motifs is 1. The van der Waals surface area contributed by atoms with Crippen molar-refractivity contribution in [3.63, 3.8) is 0 Å². The average Bonchev–Trinajstić information content (AvgIpc) is 3.06. The molecule has 3 rings (SSSR count). The van der Waals surface area contributed by atoms with E-state index in [2.05, 4.69) is 10.6 Å². The monoisotopic (exact) mass is 274 g/mol. The molecule has 2 amide bonds. The highest BCUT2D eigenvalue weighted by Crippen LogP contribution is 2.31. The van der Waals surface area contributed by atoms with Gasteiger partial charge in [-0.3, -0.25) is 0 Å². The second-order valence-electron chi connectivity index (χ2n) is 5.95. The molecule has 0 aliphatic heterocycles. The number of urea groups is 1. The summed E-state index contributed by atoms with van der Waals surface area (Å²) in [7, 11) is 0. The minimum absolute atomic E-state index is 0.169. The van der Waals surface area contributed by atoms with E-state index in [4.69, 9.17) is 0 Å². The molecule has 4 heteroatoms. The van der Waals surface area contributed by atoms with Crippen LogP contribution in [0.2, 0.25) is 0 Å². The summed E-state index contributed by atoms with van der Waals surface area (Å²) in [5, 5.41) is 15.9. The van der Waals surface area contributed by atoms with Crippen molar-refractivity contribution in [1.82, 2.24) is 10.6 Å². The Balaban J connectivity index is 1.55. The lowest BCUT2D eigenvalue weighted by Gasteiger charge is -2.19. The molecule has 108 valence electrons. The molecule has 1 fully saturated rings. The van der Waals surface area contributed by atoms with E-state index < -0.39 is 6.10 Å². The lowest BCUT2D eigenvalue weighted by Crippen LogP contribution is -2.42. The number of hydrogen-bond acceptors (Lipinski definition) is 2. The second kappa shape index (κ2) is 5.83. The topological polar surface area (TPSA) is 61.4 Å². The maximum atomic E-state index is 12.0. The van der Waals surface area contributed by atoms with Crippen molar-refractivity contribution in [3.05, 3.63) is 35.4 Å². The van der Waals surface area contributed by atoms with Crippen molar-refractivity contribution in [2.45, 2.75) is 44.2 Å². The molecule has 20 heavy (non-hydrogen) atoms. The second-order valence-corrected chi connectivity index (χ2v) is 5.95. The van der Waals surface area contributed by atoms with E-state index in [0.29, 0.717) is 12.3 Å². The number of nitrogens with one attached hydrogen (secondary N) is 2. The number of aliphatic hydroxyl groups excluding tert-OH is 1. The van der Waals surface area contributed by atoms with Gasteiger partial charge in [-0.05, 0) is 29.9 Å². The van der Waals surface area contributed by atoms with Gasteiger partial charge in [0.2, 0.25) is 0 Å². The Hall–Kier alpha value is -1.55. The molecule has 1 aromatic rings. The third-order valence-corrected chi connectivity index (χ3v) is 4.52. The fourth-order valence-corrected chi connectivity index (χ4v) is 3.39. The third kappa shape index (κ3) is 2.80. The summed E-state index contributed by atoms with van der Waals surface area (Å²) in [5.41, 5.74) is 2.16. The van der Waals surface area contributed by atoms with Crippen molar-refractivity contribution in [1.29, 1.82) is 0 Å². The number of rotatable bonds is 3. The quantitative estimate of drug-likeness (QED) is 0.790. The Morgan fingerprint density at radius 2 is 2.00 bits per heavy atom. The van der Waals surface area contributed by atoms with Crippen LogP contribution in [0.5, 0.6) is 0 Å². The number of aliphatic hydroxyl groups is 1. The molecule has 0 heterocycles. The van der Waals surface area contributed by atoms with Crippen LogP contribution in [-0.4, -0.2) is 23.8 Å². The number of carbonyl (C=O) groups is 1. The standard InChI is InChI=1S/C16H22N2O2/c19-14-9-12-7-3-4-8-13(12)15(14)18-16(20)17-10-11-5-1-2-6-11/h3-4,7-8,11,14-15,19H,1-2,5-6,9-10H2,(H2,17,18,20)/t14-,15+/m1/s1. The molecule has 0 unspecified atom stereocenters. The van der Waals surface area contributed by atoms with Gasteiger partial charge in [-0.2, -0.15) is 0 Å². The van der Waals surface area contributed by atoms with Gasteiger partial charge in [0.15, 0.2) is 0 Å². The Bertz CT molecular complexity index is 483. The SMILES string of the molecule is O=C(NCC1CCCC1)N[C@H]1c2ccccc2C[C@H]1O. The molecular weight excluding hydrogens is 252 g/mol. The van der Waals surface area contributed by atoms with Crippen LogP contribution in [0, 0.1) is 5.92 Å². The van der Waals surface area contributed by atoms with E-state index in [1.54, 1.807) is 0 Å². The van der Waals surface area contributed by atoms with Crippen molar-refractivity contribution >= 4 is 6.03 Å². The van der Waals surface area contributed by atoms with Crippen molar-refractivity contribution in [3.8, 4) is 0 Å². The van der Waals surface area contributed by atoms with Gasteiger partial charge in [-0.25, -0.2) is 4.79 Å². The molecule has 0 radical (unpaired) electrons. The summed E-state index contributed by atoms with van der Waals surface area (Å²) < 4.78 is 0. The predicted molar refractivity (Wildman–Crippen MR) is 77.4 cm³/mol. The largest absolute Gasteiger partial charge is 0.390 e. The summed E-state index contributed by atoms with van der Waals surface area (Å²) in [6, 6.07) is 7.45. The van der Waals surface area contributed by atoms with Gasteiger partial charge in [0, 0.05) is 13.0 Å². The highest BCUT2D eigenvalue weighted by atomic mass is 16.3. The maximum Gasteiger partial charge on any atom is 0.315 e. The predicted octanol–water partition coefficient (Wildman–Crippen LogP) is 2.13. The van der Waals surface area contributed by atoms with Gasteiger partial charge in [-0.15, -0.1) is 0 Å². The summed E-state index contributed by atoms with van der Waals surface area (Å²) in [4.78, 5) is 12.0. The highest BCUT2D eigenvalue weighted by Gasteiger charge is 2.31. The molecule has 2 aliphatic rings. The van der Waals surface area contributed by atoms with Crippen molar-refractivity contribution in [2.75, 3.05) is 6.54 Å². The highest BCUT2D eigenvalue weighted by molar-refractivity contribution is 5.74. The van der Waals surface area contributed by atoms with E-state index in [9.17, 15) is 9.90 Å². The zero-order valence-electron chi connectivity index (χ0n) is 11.6. The van der Waals surface area contributed by atoms with Crippen LogP contribution in [0.15, 0.2) is 24.3 Å². The number of amides is 2. The van der Waals surface area contributed by atoms with Crippen LogP contribution in [0.1, 0.15) is 42.9 Å². The lowest BCUT2D eigenvalue weighted by molar-refractivity contribution is 0.142. The smallest absolute Gasteiger partial charge is 0.315 e. The molecule has 3 N–H and O–H groups in total. The van der Waals surface area contributed by atoms with Gasteiger partial charge < -0.3 is 15.7 Å². The maximum absolute atomic E-state index is 12.0. The fourth-order valence-electron chi connectivity index (χ4n) is 3.39. The van der Waals surface area contributed by atoms with E-state index in [1.807, 2.05) is 24.3 Å². The average molecular weight is 274 g/mol. The molecule has 2 aliphatic carbocycles. The first-order valence-electron chi connectivity index (χ1n) is 7.54. The lowest BCUT2D eigenvalue weighted by atomic mass is 10.1. The Kier molecular flexibility index (Phi) is 3.92. The van der Waals surface area contributed by atoms with Gasteiger partial charge in [-0.1, -0.05) is 37.1 Å². The van der Waals surface area contributed by atoms with E-state index in [0.717, 1.165) is 17.7 Å². The molecule has 1 aromatic carbocycles. The number of carbonyl (C=O) groups excluding carboxylic acids is 1. The summed E-state index contributed by atoms with van der Waals surface area (Å²) >= 11 is 0. The van der Waals surface area contributed by atoms with Crippen LogP contribution < -0.4 is 10.6 Å². The molecule has 4 nitrogen and oxygen atoms in total. The molecule has 2 atom stereocenters.